The zero-order valence-electron chi connectivity index (χ0n) is 9.53. The lowest BCUT2D eigenvalue weighted by Crippen LogP contribution is -2.12. The van der Waals surface area contributed by atoms with Crippen LogP contribution in [0.25, 0.3) is 0 Å². The maximum atomic E-state index is 11.5. The summed E-state index contributed by atoms with van der Waals surface area (Å²) in [6.07, 6.45) is 2.22. The number of ether oxygens (including phenoxy) is 1. The molecule has 4 nitrogen and oxygen atoms in total. The van der Waals surface area contributed by atoms with Gasteiger partial charge in [-0.05, 0) is 25.0 Å². The Kier molecular flexibility index (Phi) is 5.36. The van der Waals surface area contributed by atoms with Gasteiger partial charge >= 0.3 is 0 Å². The number of benzene rings is 1. The van der Waals surface area contributed by atoms with E-state index in [0.29, 0.717) is 24.4 Å². The fourth-order valence-corrected chi connectivity index (χ4v) is 1.36. The van der Waals surface area contributed by atoms with Crippen molar-refractivity contribution < 1.29 is 9.53 Å². The first-order valence-corrected chi connectivity index (χ1v) is 5.37. The van der Waals surface area contributed by atoms with Crippen molar-refractivity contribution in [2.45, 2.75) is 19.3 Å². The number of rotatable bonds is 6. The molecule has 0 unspecified atom stereocenters. The van der Waals surface area contributed by atoms with Crippen molar-refractivity contribution >= 4 is 17.3 Å². The molecule has 1 aromatic carbocycles. The summed E-state index contributed by atoms with van der Waals surface area (Å²) in [7, 11) is 1.66. The summed E-state index contributed by atoms with van der Waals surface area (Å²) in [5.74, 6) is -0.00555. The van der Waals surface area contributed by atoms with E-state index in [2.05, 4.69) is 5.32 Å². The van der Waals surface area contributed by atoms with Gasteiger partial charge < -0.3 is 15.8 Å². The zero-order valence-corrected chi connectivity index (χ0v) is 9.53. The lowest BCUT2D eigenvalue weighted by Gasteiger charge is -2.07. The van der Waals surface area contributed by atoms with Gasteiger partial charge in [-0.25, -0.2) is 0 Å². The van der Waals surface area contributed by atoms with E-state index in [1.54, 1.807) is 19.2 Å². The van der Waals surface area contributed by atoms with Gasteiger partial charge in [-0.1, -0.05) is 12.1 Å². The topological polar surface area (TPSA) is 64.3 Å². The lowest BCUT2D eigenvalue weighted by atomic mass is 10.2. The number of unbranched alkanes of at least 4 members (excludes halogenated alkanes) is 1. The molecule has 0 bridgehead atoms. The van der Waals surface area contributed by atoms with Gasteiger partial charge in [0.25, 0.3) is 0 Å². The van der Waals surface area contributed by atoms with Crippen molar-refractivity contribution in [3.05, 3.63) is 24.3 Å². The maximum absolute atomic E-state index is 11.5. The molecule has 0 aliphatic rings. The van der Waals surface area contributed by atoms with Crippen LogP contribution in [0.15, 0.2) is 24.3 Å². The van der Waals surface area contributed by atoms with Gasteiger partial charge in [-0.2, -0.15) is 0 Å². The Morgan fingerprint density at radius 3 is 2.81 bits per heavy atom. The second-order valence-electron chi connectivity index (χ2n) is 3.59. The Morgan fingerprint density at radius 2 is 2.12 bits per heavy atom. The first-order valence-electron chi connectivity index (χ1n) is 5.37. The molecule has 0 saturated heterocycles. The van der Waals surface area contributed by atoms with Crippen LogP contribution in [0, 0.1) is 0 Å². The Labute approximate surface area is 95.8 Å². The molecule has 3 N–H and O–H groups in total. The standard InChI is InChI=1S/C12H18N2O2/c1-16-9-5-4-8-12(15)14-11-7-3-2-6-10(11)13/h2-3,6-7H,4-5,8-9,13H2,1H3,(H,14,15). The highest BCUT2D eigenvalue weighted by Crippen LogP contribution is 2.16. The maximum Gasteiger partial charge on any atom is 0.224 e. The molecule has 0 aromatic heterocycles. The van der Waals surface area contributed by atoms with Crippen LogP contribution >= 0.6 is 0 Å². The molecule has 1 rings (SSSR count). The fourth-order valence-electron chi connectivity index (χ4n) is 1.36. The smallest absolute Gasteiger partial charge is 0.224 e. The highest BCUT2D eigenvalue weighted by atomic mass is 16.5. The number of nitrogen functional groups attached to an aromatic ring is 1. The molecule has 0 spiro atoms. The molecule has 4 heteroatoms. The van der Waals surface area contributed by atoms with Crippen molar-refractivity contribution in [2.75, 3.05) is 24.8 Å². The van der Waals surface area contributed by atoms with Crippen LogP contribution in [0.4, 0.5) is 11.4 Å². The second kappa shape index (κ2) is 6.85. The molecule has 1 amide bonds. The molecule has 16 heavy (non-hydrogen) atoms. The molecule has 0 atom stereocenters. The predicted molar refractivity (Wildman–Crippen MR) is 65.2 cm³/mol. The Balaban J connectivity index is 2.32. The van der Waals surface area contributed by atoms with Gasteiger partial charge in [-0.3, -0.25) is 4.79 Å². The quantitative estimate of drug-likeness (QED) is 0.571. The second-order valence-corrected chi connectivity index (χ2v) is 3.59. The fraction of sp³-hybridized carbons (Fsp3) is 0.417. The Bertz CT molecular complexity index is 340. The van der Waals surface area contributed by atoms with Crippen LogP contribution in [-0.2, 0) is 9.53 Å². The van der Waals surface area contributed by atoms with Crippen LogP contribution in [0.3, 0.4) is 0 Å². The van der Waals surface area contributed by atoms with Crippen molar-refractivity contribution in [2.24, 2.45) is 0 Å². The van der Waals surface area contributed by atoms with Crippen molar-refractivity contribution in [3.8, 4) is 0 Å². The monoisotopic (exact) mass is 222 g/mol. The van der Waals surface area contributed by atoms with E-state index in [0.717, 1.165) is 12.8 Å². The first-order chi connectivity index (χ1) is 7.74. The molecular weight excluding hydrogens is 204 g/mol. The summed E-state index contributed by atoms with van der Waals surface area (Å²) in [5, 5.41) is 2.78. The number of amides is 1. The minimum atomic E-state index is -0.00555. The van der Waals surface area contributed by atoms with E-state index in [4.69, 9.17) is 10.5 Å². The normalized spacial score (nSPS) is 10.1. The highest BCUT2D eigenvalue weighted by Gasteiger charge is 2.03. The van der Waals surface area contributed by atoms with Gasteiger partial charge in [0.05, 0.1) is 11.4 Å². The van der Waals surface area contributed by atoms with Crippen LogP contribution in [0.5, 0.6) is 0 Å². The van der Waals surface area contributed by atoms with E-state index < -0.39 is 0 Å². The summed E-state index contributed by atoms with van der Waals surface area (Å²) in [5.41, 5.74) is 6.98. The van der Waals surface area contributed by atoms with Crippen molar-refractivity contribution in [3.63, 3.8) is 0 Å². The summed E-state index contributed by atoms with van der Waals surface area (Å²) in [6, 6.07) is 7.24. The molecule has 1 aromatic rings. The average molecular weight is 222 g/mol. The number of para-hydroxylation sites is 2. The molecule has 0 heterocycles. The molecule has 0 aliphatic carbocycles. The van der Waals surface area contributed by atoms with Crippen LogP contribution in [0.2, 0.25) is 0 Å². The lowest BCUT2D eigenvalue weighted by molar-refractivity contribution is -0.116. The predicted octanol–water partition coefficient (Wildman–Crippen LogP) is 2.02. The minimum absolute atomic E-state index is 0.00555. The number of nitrogens with one attached hydrogen (secondary N) is 1. The highest BCUT2D eigenvalue weighted by molar-refractivity contribution is 5.93. The molecule has 0 radical (unpaired) electrons. The molecular formula is C12H18N2O2. The summed E-state index contributed by atoms with van der Waals surface area (Å²) >= 11 is 0. The van der Waals surface area contributed by atoms with Gasteiger partial charge in [0.15, 0.2) is 0 Å². The number of hydrogen-bond acceptors (Lipinski definition) is 3. The third-order valence-corrected chi connectivity index (χ3v) is 2.24. The SMILES string of the molecule is COCCCCC(=O)Nc1ccccc1N. The number of methoxy groups -OCH3 is 1. The van der Waals surface area contributed by atoms with Crippen LogP contribution in [-0.4, -0.2) is 19.6 Å². The summed E-state index contributed by atoms with van der Waals surface area (Å²) in [4.78, 5) is 11.5. The van der Waals surface area contributed by atoms with Gasteiger partial charge in [0.2, 0.25) is 5.91 Å². The zero-order chi connectivity index (χ0) is 11.8. The molecule has 0 fully saturated rings. The van der Waals surface area contributed by atoms with Gasteiger partial charge in [0, 0.05) is 20.1 Å². The number of nitrogens with two attached hydrogens (primary N) is 1. The number of carbonyl (C=O) groups excluding carboxylic acids is 1. The van der Waals surface area contributed by atoms with Gasteiger partial charge in [0.1, 0.15) is 0 Å². The summed E-state index contributed by atoms with van der Waals surface area (Å²) < 4.78 is 4.91. The van der Waals surface area contributed by atoms with Gasteiger partial charge in [-0.15, -0.1) is 0 Å². The van der Waals surface area contributed by atoms with E-state index in [1.807, 2.05) is 12.1 Å². The van der Waals surface area contributed by atoms with E-state index in [1.165, 1.54) is 0 Å². The third kappa shape index (κ3) is 4.31. The number of hydrogen-bond donors (Lipinski definition) is 2. The first kappa shape index (κ1) is 12.5. The van der Waals surface area contributed by atoms with Crippen molar-refractivity contribution in [1.29, 1.82) is 0 Å². The third-order valence-electron chi connectivity index (χ3n) is 2.24. The summed E-state index contributed by atoms with van der Waals surface area (Å²) in [6.45, 7) is 0.695. The molecule has 0 saturated carbocycles. The number of anilines is 2. The molecule has 0 aliphatic heterocycles. The Hall–Kier alpha value is -1.55. The van der Waals surface area contributed by atoms with E-state index in [9.17, 15) is 4.79 Å². The number of carbonyl (C=O) groups is 1. The average Bonchev–Trinajstić information content (AvgIpc) is 2.28. The largest absolute Gasteiger partial charge is 0.397 e. The van der Waals surface area contributed by atoms with Crippen LogP contribution < -0.4 is 11.1 Å². The van der Waals surface area contributed by atoms with Crippen molar-refractivity contribution in [1.82, 2.24) is 0 Å². The minimum Gasteiger partial charge on any atom is -0.397 e. The van der Waals surface area contributed by atoms with E-state index in [-0.39, 0.29) is 5.91 Å². The molecule has 88 valence electrons. The Morgan fingerprint density at radius 1 is 1.38 bits per heavy atom. The van der Waals surface area contributed by atoms with Crippen LogP contribution in [0.1, 0.15) is 19.3 Å². The van der Waals surface area contributed by atoms with E-state index >= 15 is 0 Å².